The molecular formula is C25H29N3O2. The largest absolute Gasteiger partial charge is 0.457 e. The Morgan fingerprint density at radius 2 is 1.73 bits per heavy atom. The average Bonchev–Trinajstić information content (AvgIpc) is 2.65. The van der Waals surface area contributed by atoms with Crippen LogP contribution >= 0.6 is 0 Å². The van der Waals surface area contributed by atoms with Crippen LogP contribution in [-0.4, -0.2) is 10.9 Å². The number of nitrogen functional groups attached to an aromatic ring is 1. The molecule has 0 aliphatic rings. The molecular weight excluding hydrogens is 374 g/mol. The number of nitrogens with two attached hydrogens (primary N) is 1. The second kappa shape index (κ2) is 8.57. The van der Waals surface area contributed by atoms with Crippen molar-refractivity contribution in [2.75, 3.05) is 11.1 Å². The molecule has 0 atom stereocenters. The maximum absolute atomic E-state index is 12.6. The highest BCUT2D eigenvalue weighted by atomic mass is 16.5. The lowest BCUT2D eigenvalue weighted by molar-refractivity contribution is 0.102. The Morgan fingerprint density at radius 1 is 1.03 bits per heavy atom. The van der Waals surface area contributed by atoms with Gasteiger partial charge in [0, 0.05) is 11.4 Å². The average molecular weight is 404 g/mol. The number of amides is 1. The summed E-state index contributed by atoms with van der Waals surface area (Å²) in [7, 11) is 0. The van der Waals surface area contributed by atoms with Gasteiger partial charge in [-0.3, -0.25) is 4.79 Å². The molecule has 0 bridgehead atoms. The number of nitrogens with zero attached hydrogens (tertiary/aromatic N) is 1. The summed E-state index contributed by atoms with van der Waals surface area (Å²) in [4.78, 5) is 16.8. The van der Waals surface area contributed by atoms with Crippen LogP contribution in [-0.2, 0) is 6.42 Å². The minimum atomic E-state index is -0.286. The van der Waals surface area contributed by atoms with Crippen LogP contribution in [0, 0.1) is 19.3 Å². The lowest BCUT2D eigenvalue weighted by Gasteiger charge is -2.18. The van der Waals surface area contributed by atoms with Crippen molar-refractivity contribution in [3.8, 4) is 11.5 Å². The lowest BCUT2D eigenvalue weighted by Crippen LogP contribution is -2.15. The summed E-state index contributed by atoms with van der Waals surface area (Å²) in [5.74, 6) is 1.44. The van der Waals surface area contributed by atoms with Crippen molar-refractivity contribution in [3.63, 3.8) is 0 Å². The Morgan fingerprint density at radius 3 is 2.40 bits per heavy atom. The van der Waals surface area contributed by atoms with Crippen LogP contribution in [0.2, 0.25) is 0 Å². The Bertz CT molecular complexity index is 1050. The van der Waals surface area contributed by atoms with Crippen LogP contribution in [0.25, 0.3) is 0 Å². The lowest BCUT2D eigenvalue weighted by atomic mass is 9.88. The summed E-state index contributed by atoms with van der Waals surface area (Å²) >= 11 is 0. The number of nitrogens with one attached hydrogen (secondary N) is 1. The van der Waals surface area contributed by atoms with Crippen LogP contribution in [0.4, 0.5) is 11.5 Å². The van der Waals surface area contributed by atoms with Gasteiger partial charge in [-0.15, -0.1) is 0 Å². The maximum atomic E-state index is 12.6. The van der Waals surface area contributed by atoms with Gasteiger partial charge in [-0.2, -0.15) is 0 Å². The van der Waals surface area contributed by atoms with Crippen molar-refractivity contribution in [2.24, 2.45) is 5.41 Å². The molecule has 3 N–H and O–H groups in total. The number of hydrogen-bond acceptors (Lipinski definition) is 4. The van der Waals surface area contributed by atoms with E-state index in [0.29, 0.717) is 17.0 Å². The van der Waals surface area contributed by atoms with Crippen molar-refractivity contribution in [3.05, 3.63) is 77.0 Å². The second-order valence-electron chi connectivity index (χ2n) is 8.79. The number of ether oxygens (including phenoxy) is 1. The van der Waals surface area contributed by atoms with E-state index < -0.39 is 0 Å². The van der Waals surface area contributed by atoms with E-state index in [-0.39, 0.29) is 17.1 Å². The number of pyridine rings is 1. The Balaban J connectivity index is 1.68. The van der Waals surface area contributed by atoms with Gasteiger partial charge < -0.3 is 15.8 Å². The van der Waals surface area contributed by atoms with Crippen LogP contribution < -0.4 is 15.8 Å². The normalized spacial score (nSPS) is 11.2. The van der Waals surface area contributed by atoms with E-state index in [1.165, 1.54) is 5.56 Å². The van der Waals surface area contributed by atoms with E-state index in [1.54, 1.807) is 18.2 Å². The predicted molar refractivity (Wildman–Crippen MR) is 122 cm³/mol. The molecule has 1 amide bonds. The second-order valence-corrected chi connectivity index (χ2v) is 8.79. The van der Waals surface area contributed by atoms with Gasteiger partial charge >= 0.3 is 0 Å². The van der Waals surface area contributed by atoms with Gasteiger partial charge in [0.15, 0.2) is 0 Å². The van der Waals surface area contributed by atoms with E-state index in [2.05, 4.69) is 43.2 Å². The number of carbonyl (C=O) groups is 1. The summed E-state index contributed by atoms with van der Waals surface area (Å²) in [6.07, 6.45) is 0.978. The molecule has 1 aromatic heterocycles. The van der Waals surface area contributed by atoms with E-state index >= 15 is 0 Å². The zero-order chi connectivity index (χ0) is 21.9. The number of hydrogen-bond donors (Lipinski definition) is 2. The molecule has 0 aliphatic carbocycles. The van der Waals surface area contributed by atoms with Crippen LogP contribution in [0.5, 0.6) is 11.5 Å². The third-order valence-electron chi connectivity index (χ3n) is 4.72. The van der Waals surface area contributed by atoms with E-state index in [0.717, 1.165) is 23.4 Å². The van der Waals surface area contributed by atoms with Crippen molar-refractivity contribution < 1.29 is 9.53 Å². The number of rotatable bonds is 5. The summed E-state index contributed by atoms with van der Waals surface area (Å²) < 4.78 is 5.98. The molecule has 0 unspecified atom stereocenters. The van der Waals surface area contributed by atoms with Crippen LogP contribution in [0.1, 0.15) is 48.0 Å². The standard InChI is InChI=1S/C25H29N3O2/c1-16-13-22(23(26)27-17(16)2)24(29)28-19-9-11-20(12-10-19)30-21-8-6-7-18(14-21)15-25(3,4)5/h6-14H,15H2,1-5H3,(H2,26,27)(H,28,29). The minimum absolute atomic E-state index is 0.216. The van der Waals surface area contributed by atoms with Crippen molar-refractivity contribution in [2.45, 2.75) is 41.0 Å². The summed E-state index contributed by atoms with van der Waals surface area (Å²) in [6, 6.07) is 17.1. The molecule has 2 aromatic carbocycles. The fourth-order valence-corrected chi connectivity index (χ4v) is 3.18. The molecule has 0 radical (unpaired) electrons. The number of carbonyl (C=O) groups excluding carboxylic acids is 1. The minimum Gasteiger partial charge on any atom is -0.457 e. The third-order valence-corrected chi connectivity index (χ3v) is 4.72. The number of benzene rings is 2. The highest BCUT2D eigenvalue weighted by molar-refractivity contribution is 6.07. The number of anilines is 2. The summed E-state index contributed by atoms with van der Waals surface area (Å²) in [5.41, 5.74) is 10.1. The molecule has 5 heteroatoms. The van der Waals surface area contributed by atoms with Gasteiger partial charge in [0.1, 0.15) is 17.3 Å². The maximum Gasteiger partial charge on any atom is 0.259 e. The number of aryl methyl sites for hydroxylation is 2. The van der Waals surface area contributed by atoms with Gasteiger partial charge in [0.05, 0.1) is 5.56 Å². The number of aromatic nitrogens is 1. The van der Waals surface area contributed by atoms with Crippen molar-refractivity contribution in [1.29, 1.82) is 0 Å². The molecule has 0 aliphatic heterocycles. The highest BCUT2D eigenvalue weighted by Crippen LogP contribution is 2.27. The monoisotopic (exact) mass is 403 g/mol. The topological polar surface area (TPSA) is 77.2 Å². The molecule has 3 aromatic rings. The first-order valence-corrected chi connectivity index (χ1v) is 10.0. The molecule has 0 saturated heterocycles. The summed E-state index contributed by atoms with van der Waals surface area (Å²) in [5, 5.41) is 2.86. The zero-order valence-electron chi connectivity index (χ0n) is 18.2. The summed E-state index contributed by atoms with van der Waals surface area (Å²) in [6.45, 7) is 10.4. The Hall–Kier alpha value is -3.34. The molecule has 0 fully saturated rings. The van der Waals surface area contributed by atoms with E-state index in [1.807, 2.05) is 38.1 Å². The smallest absolute Gasteiger partial charge is 0.259 e. The third kappa shape index (κ3) is 5.60. The van der Waals surface area contributed by atoms with E-state index in [4.69, 9.17) is 10.5 Å². The SMILES string of the molecule is Cc1cc(C(=O)Nc2ccc(Oc3cccc(CC(C)(C)C)c3)cc2)c(N)nc1C. The molecule has 0 spiro atoms. The quantitative estimate of drug-likeness (QED) is 0.555. The Labute approximate surface area is 178 Å². The van der Waals surface area contributed by atoms with Gasteiger partial charge in [0.25, 0.3) is 5.91 Å². The first-order valence-electron chi connectivity index (χ1n) is 10.0. The van der Waals surface area contributed by atoms with Crippen LogP contribution in [0.3, 0.4) is 0 Å². The van der Waals surface area contributed by atoms with Gasteiger partial charge in [0.2, 0.25) is 0 Å². The van der Waals surface area contributed by atoms with Gasteiger partial charge in [-0.25, -0.2) is 4.98 Å². The molecule has 156 valence electrons. The first kappa shape index (κ1) is 21.4. The molecule has 5 nitrogen and oxygen atoms in total. The highest BCUT2D eigenvalue weighted by Gasteiger charge is 2.14. The predicted octanol–water partition coefficient (Wildman–Crippen LogP) is 5.91. The fraction of sp³-hybridized carbons (Fsp3) is 0.280. The van der Waals surface area contributed by atoms with Crippen molar-refractivity contribution in [1.82, 2.24) is 4.98 Å². The first-order chi connectivity index (χ1) is 14.1. The van der Waals surface area contributed by atoms with Crippen LogP contribution in [0.15, 0.2) is 54.6 Å². The molecule has 0 saturated carbocycles. The van der Waals surface area contributed by atoms with E-state index in [9.17, 15) is 4.79 Å². The van der Waals surface area contributed by atoms with Gasteiger partial charge in [-0.1, -0.05) is 32.9 Å². The Kier molecular flexibility index (Phi) is 6.11. The molecule has 1 heterocycles. The van der Waals surface area contributed by atoms with Gasteiger partial charge in [-0.05, 0) is 79.3 Å². The fourth-order valence-electron chi connectivity index (χ4n) is 3.18. The van der Waals surface area contributed by atoms with Crippen molar-refractivity contribution >= 4 is 17.4 Å². The zero-order valence-corrected chi connectivity index (χ0v) is 18.2. The molecule has 3 rings (SSSR count). The molecule has 30 heavy (non-hydrogen) atoms.